The van der Waals surface area contributed by atoms with Crippen LogP contribution in [0.15, 0.2) is 18.2 Å². The summed E-state index contributed by atoms with van der Waals surface area (Å²) in [5.41, 5.74) is 4.06. The molecular weight excluding hydrogens is 210 g/mol. The van der Waals surface area contributed by atoms with E-state index in [0.717, 1.165) is 0 Å². The van der Waals surface area contributed by atoms with Crippen molar-refractivity contribution in [2.75, 3.05) is 0 Å². The summed E-state index contributed by atoms with van der Waals surface area (Å²) in [5, 5.41) is 0. The highest BCUT2D eigenvalue weighted by atomic mass is 35.9. The highest BCUT2D eigenvalue weighted by molar-refractivity contribution is 7.90. The van der Waals surface area contributed by atoms with Crippen molar-refractivity contribution in [2.24, 2.45) is 0 Å². The van der Waals surface area contributed by atoms with Crippen LogP contribution < -0.4 is 0 Å². The van der Waals surface area contributed by atoms with E-state index in [0.29, 0.717) is 7.29 Å². The summed E-state index contributed by atoms with van der Waals surface area (Å²) < 4.78 is 0. The van der Waals surface area contributed by atoms with E-state index in [-0.39, 0.29) is 0 Å². The van der Waals surface area contributed by atoms with Crippen LogP contribution in [0.1, 0.15) is 16.7 Å². The topological polar surface area (TPSA) is 0 Å². The highest BCUT2D eigenvalue weighted by Gasteiger charge is 1.87. The molecule has 1 aromatic carbocycles. The molecule has 0 saturated carbocycles. The van der Waals surface area contributed by atoms with Crippen molar-refractivity contribution in [1.82, 2.24) is 0 Å². The predicted molar refractivity (Wildman–Crippen MR) is 59.3 cm³/mol. The lowest BCUT2D eigenvalue weighted by atomic mass is 10.1. The molecular formula is C9H12Cl2P. The molecule has 0 unspecified atom stereocenters. The van der Waals surface area contributed by atoms with E-state index in [2.05, 4.69) is 39.0 Å². The second-order valence-corrected chi connectivity index (χ2v) is 4.39. The zero-order valence-corrected chi connectivity index (χ0v) is 9.84. The van der Waals surface area contributed by atoms with Crippen LogP contribution in [0.5, 0.6) is 0 Å². The predicted octanol–water partition coefficient (Wildman–Crippen LogP) is 4.85. The van der Waals surface area contributed by atoms with E-state index in [1.54, 1.807) is 0 Å². The standard InChI is InChI=1S/C9H12.Cl2P/c1-7-4-8(2)6-9(3)5-7;1-3-2/h4-6H,1-3H3;. The summed E-state index contributed by atoms with van der Waals surface area (Å²) in [6.07, 6.45) is 0. The maximum Gasteiger partial charge on any atom is 0.141 e. The van der Waals surface area contributed by atoms with Gasteiger partial charge in [0.05, 0.1) is 0 Å². The van der Waals surface area contributed by atoms with E-state index in [9.17, 15) is 0 Å². The Morgan fingerprint density at radius 2 is 1.00 bits per heavy atom. The van der Waals surface area contributed by atoms with Gasteiger partial charge in [0.2, 0.25) is 0 Å². The quantitative estimate of drug-likeness (QED) is 0.550. The number of benzene rings is 1. The van der Waals surface area contributed by atoms with Crippen molar-refractivity contribution in [3.63, 3.8) is 0 Å². The van der Waals surface area contributed by atoms with Crippen molar-refractivity contribution in [3.05, 3.63) is 34.9 Å². The zero-order valence-electron chi connectivity index (χ0n) is 7.44. The molecule has 0 nitrogen and oxygen atoms in total. The summed E-state index contributed by atoms with van der Waals surface area (Å²) in [7, 11) is 0.361. The minimum Gasteiger partial charge on any atom is -0.0704 e. The average Bonchev–Trinajstić information content (AvgIpc) is 1.84. The number of halogens is 2. The van der Waals surface area contributed by atoms with Crippen molar-refractivity contribution in [2.45, 2.75) is 20.8 Å². The van der Waals surface area contributed by atoms with Crippen LogP contribution in [0.2, 0.25) is 0 Å². The van der Waals surface area contributed by atoms with Gasteiger partial charge >= 0.3 is 0 Å². The smallest absolute Gasteiger partial charge is 0.0704 e. The third-order valence-electron chi connectivity index (χ3n) is 1.37. The Bertz CT molecular complexity index is 185. The van der Waals surface area contributed by atoms with Crippen LogP contribution in [-0.2, 0) is 0 Å². The fraction of sp³-hybridized carbons (Fsp3) is 0.333. The van der Waals surface area contributed by atoms with Gasteiger partial charge in [-0.25, -0.2) is 0 Å². The molecule has 0 bridgehead atoms. The Kier molecular flexibility index (Phi) is 6.84. The Balaban J connectivity index is 0.000000354. The number of hydrogen-bond acceptors (Lipinski definition) is 0. The molecule has 12 heavy (non-hydrogen) atoms. The van der Waals surface area contributed by atoms with Gasteiger partial charge in [-0.3, -0.25) is 0 Å². The molecule has 0 amide bonds. The largest absolute Gasteiger partial charge is 0.141 e. The molecule has 0 saturated heterocycles. The summed E-state index contributed by atoms with van der Waals surface area (Å²) >= 11 is 9.47. The lowest BCUT2D eigenvalue weighted by Crippen LogP contribution is -1.78. The van der Waals surface area contributed by atoms with Gasteiger partial charge in [-0.15, -0.1) is 0 Å². The lowest BCUT2D eigenvalue weighted by Gasteiger charge is -1.96. The fourth-order valence-electron chi connectivity index (χ4n) is 1.20. The second-order valence-electron chi connectivity index (χ2n) is 2.73. The van der Waals surface area contributed by atoms with Crippen molar-refractivity contribution in [1.29, 1.82) is 0 Å². The van der Waals surface area contributed by atoms with Gasteiger partial charge in [0.25, 0.3) is 0 Å². The molecule has 0 heterocycles. The van der Waals surface area contributed by atoms with E-state index >= 15 is 0 Å². The van der Waals surface area contributed by atoms with E-state index in [1.165, 1.54) is 16.7 Å². The zero-order chi connectivity index (χ0) is 9.56. The lowest BCUT2D eigenvalue weighted by molar-refractivity contribution is 1.32. The molecule has 3 heteroatoms. The van der Waals surface area contributed by atoms with Gasteiger partial charge < -0.3 is 0 Å². The minimum atomic E-state index is 0.361. The first kappa shape index (κ1) is 12.2. The summed E-state index contributed by atoms with van der Waals surface area (Å²) in [4.78, 5) is 0. The summed E-state index contributed by atoms with van der Waals surface area (Å²) in [6.45, 7) is 6.38. The van der Waals surface area contributed by atoms with Crippen molar-refractivity contribution >= 4 is 29.8 Å². The molecule has 0 N–H and O–H groups in total. The normalized spacial score (nSPS) is 8.75. The van der Waals surface area contributed by atoms with Crippen LogP contribution in [0.25, 0.3) is 0 Å². The van der Waals surface area contributed by atoms with Crippen molar-refractivity contribution in [3.8, 4) is 0 Å². The van der Waals surface area contributed by atoms with Crippen molar-refractivity contribution < 1.29 is 0 Å². The third-order valence-corrected chi connectivity index (χ3v) is 1.37. The maximum atomic E-state index is 4.74. The van der Waals surface area contributed by atoms with Crippen LogP contribution >= 0.6 is 29.8 Å². The Hall–Kier alpha value is 0.230. The Morgan fingerprint density at radius 1 is 0.833 bits per heavy atom. The molecule has 1 rings (SSSR count). The van der Waals surface area contributed by atoms with Crippen LogP contribution in [0, 0.1) is 20.8 Å². The molecule has 67 valence electrons. The fourth-order valence-corrected chi connectivity index (χ4v) is 1.20. The summed E-state index contributed by atoms with van der Waals surface area (Å²) in [5.74, 6) is 0. The van der Waals surface area contributed by atoms with Crippen LogP contribution in [0.3, 0.4) is 0 Å². The van der Waals surface area contributed by atoms with Gasteiger partial charge in [0.1, 0.15) is 7.29 Å². The van der Waals surface area contributed by atoms with Crippen LogP contribution in [-0.4, -0.2) is 0 Å². The average molecular weight is 222 g/mol. The van der Waals surface area contributed by atoms with E-state index in [1.807, 2.05) is 0 Å². The van der Waals surface area contributed by atoms with E-state index in [4.69, 9.17) is 22.5 Å². The molecule has 0 spiro atoms. The first-order chi connectivity index (χ1) is 5.60. The Labute approximate surface area is 85.6 Å². The first-order valence-electron chi connectivity index (χ1n) is 3.57. The number of aryl methyl sites for hydroxylation is 3. The molecule has 0 aliphatic carbocycles. The molecule has 0 aromatic heterocycles. The van der Waals surface area contributed by atoms with Gasteiger partial charge in [-0.2, -0.15) is 0 Å². The minimum absolute atomic E-state index is 0.361. The molecule has 1 aromatic rings. The maximum absolute atomic E-state index is 4.74. The summed E-state index contributed by atoms with van der Waals surface area (Å²) in [6, 6.07) is 6.56. The van der Waals surface area contributed by atoms with E-state index < -0.39 is 0 Å². The molecule has 0 atom stereocenters. The Morgan fingerprint density at radius 3 is 1.17 bits per heavy atom. The van der Waals surface area contributed by atoms with Gasteiger partial charge in [0, 0.05) is 0 Å². The third kappa shape index (κ3) is 5.83. The first-order valence-corrected chi connectivity index (χ1v) is 6.27. The number of hydrogen-bond donors (Lipinski definition) is 0. The van der Waals surface area contributed by atoms with Gasteiger partial charge in [-0.1, -0.05) is 57.4 Å². The molecule has 0 aliphatic rings. The van der Waals surface area contributed by atoms with Crippen LogP contribution in [0.4, 0.5) is 0 Å². The van der Waals surface area contributed by atoms with Gasteiger partial charge in [-0.05, 0) is 20.8 Å². The monoisotopic (exact) mass is 221 g/mol. The SMILES string of the molecule is Cc1cc(C)cc(C)c1.Cl[P]Cl. The molecule has 0 fully saturated rings. The molecule has 0 aliphatic heterocycles. The highest BCUT2D eigenvalue weighted by Crippen LogP contribution is 2.19. The number of rotatable bonds is 0. The second kappa shape index (κ2) is 6.71. The van der Waals surface area contributed by atoms with Gasteiger partial charge in [0.15, 0.2) is 0 Å². The molecule has 1 radical (unpaired) electrons.